The minimum Gasteiger partial charge on any atom is -0.466 e. The molecule has 0 aliphatic heterocycles. The molecule has 0 saturated heterocycles. The van der Waals surface area contributed by atoms with E-state index < -0.39 is 17.6 Å². The molecule has 0 fully saturated rings. The Hall–Kier alpha value is -1.91. The van der Waals surface area contributed by atoms with E-state index in [9.17, 15) is 13.6 Å². The lowest BCUT2D eigenvalue weighted by atomic mass is 10.3. The van der Waals surface area contributed by atoms with Crippen molar-refractivity contribution in [2.75, 3.05) is 12.4 Å². The highest BCUT2D eigenvalue weighted by Gasteiger charge is 2.05. The highest BCUT2D eigenvalue weighted by molar-refractivity contribution is 5.82. The van der Waals surface area contributed by atoms with Crippen LogP contribution in [0.15, 0.2) is 30.5 Å². The van der Waals surface area contributed by atoms with Gasteiger partial charge >= 0.3 is 5.97 Å². The van der Waals surface area contributed by atoms with E-state index in [4.69, 9.17) is 0 Å². The number of ether oxygens (including phenoxy) is 1. The molecule has 1 N–H and O–H groups in total. The van der Waals surface area contributed by atoms with Crippen molar-refractivity contribution in [2.24, 2.45) is 0 Å². The SMILES string of the molecule is COC(=O)/C=C/Nc1c(F)cccc1F. The number of carbonyl (C=O) groups excluding carboxylic acids is 1. The number of carbonyl (C=O) groups is 1. The van der Waals surface area contributed by atoms with E-state index in [0.29, 0.717) is 0 Å². The highest BCUT2D eigenvalue weighted by atomic mass is 19.1. The molecule has 1 aromatic rings. The Morgan fingerprint density at radius 3 is 2.53 bits per heavy atom. The lowest BCUT2D eigenvalue weighted by Gasteiger charge is -2.03. The summed E-state index contributed by atoms with van der Waals surface area (Å²) in [4.78, 5) is 10.6. The van der Waals surface area contributed by atoms with Crippen molar-refractivity contribution in [2.45, 2.75) is 0 Å². The van der Waals surface area contributed by atoms with Crippen molar-refractivity contribution in [3.63, 3.8) is 0 Å². The molecule has 0 bridgehead atoms. The number of hydrogen-bond donors (Lipinski definition) is 1. The van der Waals surface area contributed by atoms with Crippen LogP contribution in [-0.4, -0.2) is 13.1 Å². The van der Waals surface area contributed by atoms with Crippen molar-refractivity contribution >= 4 is 11.7 Å². The van der Waals surface area contributed by atoms with Crippen molar-refractivity contribution < 1.29 is 18.3 Å². The summed E-state index contributed by atoms with van der Waals surface area (Å²) in [5.41, 5.74) is -0.308. The van der Waals surface area contributed by atoms with Crippen LogP contribution in [0.2, 0.25) is 0 Å². The zero-order valence-electron chi connectivity index (χ0n) is 7.96. The molecule has 0 aliphatic carbocycles. The minimum absolute atomic E-state index is 0.308. The van der Waals surface area contributed by atoms with Gasteiger partial charge in [0.25, 0.3) is 0 Å². The molecule has 1 rings (SSSR count). The summed E-state index contributed by atoms with van der Waals surface area (Å²) in [5.74, 6) is -2.08. The smallest absolute Gasteiger partial charge is 0.331 e. The van der Waals surface area contributed by atoms with Crippen LogP contribution >= 0.6 is 0 Å². The van der Waals surface area contributed by atoms with Gasteiger partial charge in [0, 0.05) is 12.3 Å². The van der Waals surface area contributed by atoms with E-state index in [0.717, 1.165) is 24.4 Å². The normalized spacial score (nSPS) is 10.3. The molecule has 5 heteroatoms. The first-order valence-corrected chi connectivity index (χ1v) is 4.10. The van der Waals surface area contributed by atoms with Gasteiger partial charge in [0.1, 0.15) is 17.3 Å². The molecule has 0 aromatic heterocycles. The molecule has 80 valence electrons. The number of methoxy groups -OCH3 is 1. The fourth-order valence-corrected chi connectivity index (χ4v) is 0.897. The van der Waals surface area contributed by atoms with Gasteiger partial charge in [0.2, 0.25) is 0 Å². The van der Waals surface area contributed by atoms with Crippen LogP contribution < -0.4 is 5.32 Å². The third kappa shape index (κ3) is 3.05. The summed E-state index contributed by atoms with van der Waals surface area (Å²) >= 11 is 0. The predicted molar refractivity (Wildman–Crippen MR) is 51.1 cm³/mol. The van der Waals surface area contributed by atoms with Gasteiger partial charge in [-0.3, -0.25) is 0 Å². The number of hydrogen-bond acceptors (Lipinski definition) is 3. The van der Waals surface area contributed by atoms with Gasteiger partial charge in [0.05, 0.1) is 7.11 Å². The maximum Gasteiger partial charge on any atom is 0.331 e. The van der Waals surface area contributed by atoms with Gasteiger partial charge in [0.15, 0.2) is 0 Å². The molecule has 0 unspecified atom stereocenters. The standard InChI is InChI=1S/C10H9F2NO2/c1-15-9(14)5-6-13-10-7(11)3-2-4-8(10)12/h2-6,13H,1H3/b6-5+. The van der Waals surface area contributed by atoms with E-state index in [2.05, 4.69) is 10.1 Å². The fraction of sp³-hybridized carbons (Fsp3) is 0.100. The van der Waals surface area contributed by atoms with Crippen LogP contribution in [0.3, 0.4) is 0 Å². The minimum atomic E-state index is -0.732. The molecule has 0 radical (unpaired) electrons. The summed E-state index contributed by atoms with van der Waals surface area (Å²) in [5, 5.41) is 2.32. The Kier molecular flexibility index (Phi) is 3.79. The second-order valence-corrected chi connectivity index (χ2v) is 2.60. The summed E-state index contributed by atoms with van der Waals surface area (Å²) in [6, 6.07) is 3.47. The summed E-state index contributed by atoms with van der Waals surface area (Å²) in [6.07, 6.45) is 2.12. The number of para-hydroxylation sites is 1. The maximum absolute atomic E-state index is 13.0. The maximum atomic E-state index is 13.0. The Labute approximate surface area is 85.4 Å². The molecule has 15 heavy (non-hydrogen) atoms. The van der Waals surface area contributed by atoms with Crippen LogP contribution in [0.1, 0.15) is 0 Å². The Morgan fingerprint density at radius 1 is 1.40 bits per heavy atom. The van der Waals surface area contributed by atoms with Gasteiger partial charge < -0.3 is 10.1 Å². The lowest BCUT2D eigenvalue weighted by molar-refractivity contribution is -0.134. The van der Waals surface area contributed by atoms with Crippen LogP contribution in [0.4, 0.5) is 14.5 Å². The highest BCUT2D eigenvalue weighted by Crippen LogP contribution is 2.17. The third-order valence-electron chi connectivity index (χ3n) is 1.61. The van der Waals surface area contributed by atoms with E-state index >= 15 is 0 Å². The van der Waals surface area contributed by atoms with Gasteiger partial charge in [-0.1, -0.05) is 6.07 Å². The van der Waals surface area contributed by atoms with E-state index in [-0.39, 0.29) is 5.69 Å². The molecule has 0 saturated carbocycles. The van der Waals surface area contributed by atoms with Gasteiger partial charge in [-0.15, -0.1) is 0 Å². The van der Waals surface area contributed by atoms with Crippen LogP contribution in [0.5, 0.6) is 0 Å². The average Bonchev–Trinajstić information content (AvgIpc) is 2.22. The van der Waals surface area contributed by atoms with E-state index in [1.54, 1.807) is 0 Å². The van der Waals surface area contributed by atoms with E-state index in [1.807, 2.05) is 0 Å². The number of benzene rings is 1. The number of rotatable bonds is 3. The molecular formula is C10H9F2NO2. The second kappa shape index (κ2) is 5.09. The van der Waals surface area contributed by atoms with E-state index in [1.165, 1.54) is 13.2 Å². The average molecular weight is 213 g/mol. The molecule has 0 atom stereocenters. The first kappa shape index (κ1) is 11.2. The molecule has 3 nitrogen and oxygen atoms in total. The number of esters is 1. The van der Waals surface area contributed by atoms with Crippen LogP contribution in [-0.2, 0) is 9.53 Å². The number of anilines is 1. The van der Waals surface area contributed by atoms with Crippen molar-refractivity contribution in [3.05, 3.63) is 42.1 Å². The Balaban J connectivity index is 2.73. The molecule has 0 amide bonds. The second-order valence-electron chi connectivity index (χ2n) is 2.60. The zero-order chi connectivity index (χ0) is 11.3. The molecule has 1 aromatic carbocycles. The molecule has 0 aliphatic rings. The molecular weight excluding hydrogens is 204 g/mol. The van der Waals surface area contributed by atoms with Crippen molar-refractivity contribution in [3.8, 4) is 0 Å². The summed E-state index contributed by atoms with van der Waals surface area (Å²) in [6.45, 7) is 0. The first-order valence-electron chi connectivity index (χ1n) is 4.10. The quantitative estimate of drug-likeness (QED) is 0.617. The van der Waals surface area contributed by atoms with Gasteiger partial charge in [-0.25, -0.2) is 13.6 Å². The Morgan fingerprint density at radius 2 is 2.00 bits per heavy atom. The topological polar surface area (TPSA) is 38.3 Å². The Bertz CT molecular complexity index is 371. The van der Waals surface area contributed by atoms with Gasteiger partial charge in [-0.05, 0) is 12.1 Å². The number of halogens is 2. The van der Waals surface area contributed by atoms with Gasteiger partial charge in [-0.2, -0.15) is 0 Å². The molecule has 0 spiro atoms. The van der Waals surface area contributed by atoms with Crippen molar-refractivity contribution in [1.82, 2.24) is 0 Å². The predicted octanol–water partition coefficient (Wildman–Crippen LogP) is 2.06. The summed E-state index contributed by atoms with van der Waals surface area (Å²) < 4.78 is 30.3. The van der Waals surface area contributed by atoms with Crippen molar-refractivity contribution in [1.29, 1.82) is 0 Å². The number of nitrogens with one attached hydrogen (secondary N) is 1. The monoisotopic (exact) mass is 213 g/mol. The largest absolute Gasteiger partial charge is 0.466 e. The zero-order valence-corrected chi connectivity index (χ0v) is 7.96. The summed E-state index contributed by atoms with van der Waals surface area (Å²) in [7, 11) is 1.20. The van der Waals surface area contributed by atoms with Crippen LogP contribution in [0, 0.1) is 11.6 Å². The third-order valence-corrected chi connectivity index (χ3v) is 1.61. The van der Waals surface area contributed by atoms with Crippen LogP contribution in [0.25, 0.3) is 0 Å². The first-order chi connectivity index (χ1) is 7.15. The molecule has 0 heterocycles. The fourth-order valence-electron chi connectivity index (χ4n) is 0.897. The lowest BCUT2D eigenvalue weighted by Crippen LogP contribution is -1.99.